The van der Waals surface area contributed by atoms with Crippen molar-refractivity contribution in [3.05, 3.63) is 51.7 Å². The molecular weight excluding hydrogens is 305 g/mol. The first-order valence-corrected chi connectivity index (χ1v) is 6.67. The second-order valence-corrected chi connectivity index (χ2v) is 4.98. The highest BCUT2D eigenvalue weighted by atomic mass is 32.1. The average Bonchev–Trinajstić information content (AvgIpc) is 2.92. The van der Waals surface area contributed by atoms with Crippen LogP contribution >= 0.6 is 11.3 Å². The SMILES string of the molecule is NNC(=O)c1sccc1COc1ccc(C(F)(F)F)cc1. The topological polar surface area (TPSA) is 64.3 Å². The second kappa shape index (κ2) is 6.15. The van der Waals surface area contributed by atoms with Crippen molar-refractivity contribution in [3.8, 4) is 5.75 Å². The van der Waals surface area contributed by atoms with Crippen molar-refractivity contribution in [1.29, 1.82) is 0 Å². The summed E-state index contributed by atoms with van der Waals surface area (Å²) in [5.74, 6) is 4.91. The van der Waals surface area contributed by atoms with Gasteiger partial charge in [-0.2, -0.15) is 13.2 Å². The number of alkyl halides is 3. The molecule has 4 nitrogen and oxygen atoms in total. The van der Waals surface area contributed by atoms with Crippen LogP contribution in [0.25, 0.3) is 0 Å². The maximum Gasteiger partial charge on any atom is 0.416 e. The zero-order valence-corrected chi connectivity index (χ0v) is 11.4. The number of hydrogen-bond acceptors (Lipinski definition) is 4. The van der Waals surface area contributed by atoms with Gasteiger partial charge in [0.2, 0.25) is 0 Å². The molecule has 0 aliphatic heterocycles. The van der Waals surface area contributed by atoms with E-state index in [0.717, 1.165) is 12.1 Å². The summed E-state index contributed by atoms with van der Waals surface area (Å²) in [6.07, 6.45) is -4.38. The monoisotopic (exact) mass is 316 g/mol. The predicted octanol–water partition coefficient (Wildman–Crippen LogP) is 2.95. The first-order chi connectivity index (χ1) is 9.91. The molecule has 0 saturated carbocycles. The summed E-state index contributed by atoms with van der Waals surface area (Å²) in [6, 6.07) is 6.04. The highest BCUT2D eigenvalue weighted by Gasteiger charge is 2.30. The quantitative estimate of drug-likeness (QED) is 0.518. The normalized spacial score (nSPS) is 11.2. The molecule has 0 spiro atoms. The summed E-state index contributed by atoms with van der Waals surface area (Å²) in [5.41, 5.74) is 1.89. The number of thiophene rings is 1. The maximum atomic E-state index is 12.4. The van der Waals surface area contributed by atoms with E-state index in [-0.39, 0.29) is 12.4 Å². The minimum atomic E-state index is -4.38. The van der Waals surface area contributed by atoms with Crippen LogP contribution in [0.4, 0.5) is 13.2 Å². The highest BCUT2D eigenvalue weighted by molar-refractivity contribution is 7.12. The van der Waals surface area contributed by atoms with Crippen molar-refractivity contribution in [1.82, 2.24) is 5.43 Å². The first-order valence-electron chi connectivity index (χ1n) is 5.79. The molecule has 1 aromatic carbocycles. The Balaban J connectivity index is 2.04. The molecule has 0 fully saturated rings. The highest BCUT2D eigenvalue weighted by Crippen LogP contribution is 2.30. The van der Waals surface area contributed by atoms with Crippen LogP contribution in [0, 0.1) is 0 Å². The smallest absolute Gasteiger partial charge is 0.416 e. The molecule has 0 saturated heterocycles. The molecule has 21 heavy (non-hydrogen) atoms. The van der Waals surface area contributed by atoms with Gasteiger partial charge in [0.25, 0.3) is 5.91 Å². The van der Waals surface area contributed by atoms with E-state index < -0.39 is 17.6 Å². The van der Waals surface area contributed by atoms with Crippen LogP contribution in [0.1, 0.15) is 20.8 Å². The molecule has 0 aliphatic rings. The first kappa shape index (κ1) is 15.3. The molecule has 0 bridgehead atoms. The lowest BCUT2D eigenvalue weighted by Gasteiger charge is -2.09. The van der Waals surface area contributed by atoms with Gasteiger partial charge >= 0.3 is 6.18 Å². The molecule has 3 N–H and O–H groups in total. The van der Waals surface area contributed by atoms with Gasteiger partial charge < -0.3 is 4.74 Å². The number of ether oxygens (including phenoxy) is 1. The van der Waals surface area contributed by atoms with Crippen molar-refractivity contribution >= 4 is 17.2 Å². The van der Waals surface area contributed by atoms with Gasteiger partial charge in [-0.05, 0) is 35.7 Å². The average molecular weight is 316 g/mol. The van der Waals surface area contributed by atoms with Gasteiger partial charge in [-0.15, -0.1) is 11.3 Å². The van der Waals surface area contributed by atoms with Crippen LogP contribution < -0.4 is 16.0 Å². The Hall–Kier alpha value is -2.06. The number of benzene rings is 1. The van der Waals surface area contributed by atoms with E-state index in [1.54, 1.807) is 11.4 Å². The number of hydrogen-bond donors (Lipinski definition) is 2. The van der Waals surface area contributed by atoms with E-state index in [0.29, 0.717) is 10.4 Å². The van der Waals surface area contributed by atoms with Crippen LogP contribution in [0.15, 0.2) is 35.7 Å². The van der Waals surface area contributed by atoms with Gasteiger partial charge in [0.05, 0.1) is 10.4 Å². The molecule has 2 aromatic rings. The number of carbonyl (C=O) groups excluding carboxylic acids is 1. The van der Waals surface area contributed by atoms with Crippen LogP contribution in [0.2, 0.25) is 0 Å². The molecule has 1 aromatic heterocycles. The number of nitrogens with two attached hydrogens (primary N) is 1. The van der Waals surface area contributed by atoms with Gasteiger partial charge in [-0.1, -0.05) is 0 Å². The van der Waals surface area contributed by atoms with E-state index in [1.807, 2.05) is 5.43 Å². The van der Waals surface area contributed by atoms with E-state index in [9.17, 15) is 18.0 Å². The number of halogens is 3. The number of carbonyl (C=O) groups is 1. The fourth-order valence-electron chi connectivity index (χ4n) is 1.62. The van der Waals surface area contributed by atoms with Crippen molar-refractivity contribution in [3.63, 3.8) is 0 Å². The Morgan fingerprint density at radius 3 is 2.48 bits per heavy atom. The number of rotatable bonds is 4. The van der Waals surface area contributed by atoms with Crippen molar-refractivity contribution < 1.29 is 22.7 Å². The van der Waals surface area contributed by atoms with E-state index in [2.05, 4.69) is 0 Å². The number of nitrogen functional groups attached to an aromatic ring is 1. The van der Waals surface area contributed by atoms with Crippen LogP contribution in [-0.4, -0.2) is 5.91 Å². The lowest BCUT2D eigenvalue weighted by Crippen LogP contribution is -2.30. The van der Waals surface area contributed by atoms with Gasteiger partial charge in [0, 0.05) is 5.56 Å². The minimum absolute atomic E-state index is 0.0671. The molecule has 1 amide bonds. The van der Waals surface area contributed by atoms with Crippen molar-refractivity contribution in [2.75, 3.05) is 0 Å². The summed E-state index contributed by atoms with van der Waals surface area (Å²) in [6.45, 7) is 0.0671. The number of hydrazine groups is 1. The fourth-order valence-corrected chi connectivity index (χ4v) is 2.43. The van der Waals surface area contributed by atoms with Crippen molar-refractivity contribution in [2.45, 2.75) is 12.8 Å². The van der Waals surface area contributed by atoms with E-state index in [4.69, 9.17) is 10.6 Å². The number of nitrogens with one attached hydrogen (secondary N) is 1. The molecule has 2 rings (SSSR count). The van der Waals surface area contributed by atoms with Gasteiger partial charge in [0.15, 0.2) is 0 Å². The molecule has 0 atom stereocenters. The van der Waals surface area contributed by atoms with Gasteiger partial charge in [-0.3, -0.25) is 10.2 Å². The van der Waals surface area contributed by atoms with Crippen LogP contribution in [0.5, 0.6) is 5.75 Å². The Labute approximate surface area is 122 Å². The maximum absolute atomic E-state index is 12.4. The fraction of sp³-hybridized carbons (Fsp3) is 0.154. The Bertz CT molecular complexity index is 623. The van der Waals surface area contributed by atoms with Crippen LogP contribution in [-0.2, 0) is 12.8 Å². The third kappa shape index (κ3) is 3.73. The van der Waals surface area contributed by atoms with Gasteiger partial charge in [0.1, 0.15) is 12.4 Å². The summed E-state index contributed by atoms with van der Waals surface area (Å²) >= 11 is 1.20. The largest absolute Gasteiger partial charge is 0.489 e. The molecule has 0 aliphatic carbocycles. The standard InChI is InChI=1S/C13H11F3N2O2S/c14-13(15,16)9-1-3-10(4-2-9)20-7-8-5-6-21-11(8)12(19)18-17/h1-6H,7,17H2,(H,18,19). The Morgan fingerprint density at radius 2 is 1.90 bits per heavy atom. The molecule has 0 unspecified atom stereocenters. The van der Waals surface area contributed by atoms with E-state index >= 15 is 0 Å². The summed E-state index contributed by atoms with van der Waals surface area (Å²) in [4.78, 5) is 11.9. The zero-order valence-electron chi connectivity index (χ0n) is 10.6. The molecule has 1 heterocycles. The predicted molar refractivity (Wildman–Crippen MR) is 71.7 cm³/mol. The Kier molecular flexibility index (Phi) is 4.49. The lowest BCUT2D eigenvalue weighted by atomic mass is 10.2. The Morgan fingerprint density at radius 1 is 1.24 bits per heavy atom. The number of amides is 1. The minimum Gasteiger partial charge on any atom is -0.489 e. The molecule has 0 radical (unpaired) electrons. The molecule has 112 valence electrons. The summed E-state index contributed by atoms with van der Waals surface area (Å²) < 4.78 is 42.6. The third-order valence-electron chi connectivity index (χ3n) is 2.66. The second-order valence-electron chi connectivity index (χ2n) is 4.06. The third-order valence-corrected chi connectivity index (χ3v) is 3.62. The summed E-state index contributed by atoms with van der Waals surface area (Å²) in [7, 11) is 0. The summed E-state index contributed by atoms with van der Waals surface area (Å²) in [5, 5.41) is 1.70. The van der Waals surface area contributed by atoms with Crippen molar-refractivity contribution in [2.24, 2.45) is 5.84 Å². The zero-order chi connectivity index (χ0) is 15.5. The lowest BCUT2D eigenvalue weighted by molar-refractivity contribution is -0.137. The van der Waals surface area contributed by atoms with E-state index in [1.165, 1.54) is 23.5 Å². The van der Waals surface area contributed by atoms with Gasteiger partial charge in [-0.25, -0.2) is 5.84 Å². The molecule has 8 heteroatoms. The van der Waals surface area contributed by atoms with Crippen LogP contribution in [0.3, 0.4) is 0 Å². The molecular formula is C13H11F3N2O2S.